The number of halogens is 3. The summed E-state index contributed by atoms with van der Waals surface area (Å²) < 4.78 is 46.9. The molecule has 1 aromatic carbocycles. The lowest BCUT2D eigenvalue weighted by atomic mass is 10.00. The van der Waals surface area contributed by atoms with Crippen molar-refractivity contribution in [2.24, 2.45) is 0 Å². The van der Waals surface area contributed by atoms with Crippen LogP contribution in [-0.2, 0) is 6.18 Å². The van der Waals surface area contributed by atoms with Crippen molar-refractivity contribution in [3.8, 4) is 28.3 Å². The van der Waals surface area contributed by atoms with E-state index in [4.69, 9.17) is 4.74 Å². The molecule has 0 radical (unpaired) electrons. The number of benzene rings is 1. The van der Waals surface area contributed by atoms with E-state index in [1.54, 1.807) is 38.4 Å². The molecule has 0 saturated carbocycles. The van der Waals surface area contributed by atoms with Crippen LogP contribution in [0.1, 0.15) is 26.3 Å². The number of hydrogen-bond acceptors (Lipinski definition) is 4. The van der Waals surface area contributed by atoms with E-state index < -0.39 is 17.3 Å². The number of anilines is 1. The Morgan fingerprint density at radius 3 is 2.33 bits per heavy atom. The molecular weight excluding hydrogens is 433 g/mol. The Balaban J connectivity index is 2.15. The van der Waals surface area contributed by atoms with E-state index in [1.807, 2.05) is 20.8 Å². The van der Waals surface area contributed by atoms with E-state index in [0.717, 1.165) is 6.07 Å². The molecule has 0 atom stereocenters. The minimum Gasteiger partial charge on any atom is -0.472 e. The predicted molar refractivity (Wildman–Crippen MR) is 121 cm³/mol. The van der Waals surface area contributed by atoms with Gasteiger partial charge in [-0.05, 0) is 56.2 Å². The number of carbonyl (C=O) groups excluding carboxylic acids is 1. The summed E-state index contributed by atoms with van der Waals surface area (Å²) in [7, 11) is 3.20. The van der Waals surface area contributed by atoms with E-state index in [0.29, 0.717) is 16.9 Å². The maximum Gasteiger partial charge on any atom is 0.417 e. The van der Waals surface area contributed by atoms with Crippen LogP contribution in [0.5, 0.6) is 5.88 Å². The van der Waals surface area contributed by atoms with Gasteiger partial charge in [0.1, 0.15) is 11.4 Å². The Morgan fingerprint density at radius 2 is 1.70 bits per heavy atom. The molecule has 33 heavy (non-hydrogen) atoms. The van der Waals surface area contributed by atoms with Crippen molar-refractivity contribution in [3.05, 3.63) is 60.3 Å². The summed E-state index contributed by atoms with van der Waals surface area (Å²) in [4.78, 5) is 21.9. The molecule has 3 rings (SSSR count). The van der Waals surface area contributed by atoms with Gasteiger partial charge in [0.05, 0.1) is 11.3 Å². The molecule has 2 amide bonds. The molecule has 0 bridgehead atoms. The van der Waals surface area contributed by atoms with Crippen LogP contribution in [-0.4, -0.2) is 40.6 Å². The van der Waals surface area contributed by atoms with E-state index in [-0.39, 0.29) is 23.2 Å². The first-order valence-corrected chi connectivity index (χ1v) is 10.2. The number of ether oxygens (including phenoxy) is 1. The number of carbonyl (C=O) groups is 1. The molecule has 0 aliphatic rings. The van der Waals surface area contributed by atoms with Gasteiger partial charge in [0, 0.05) is 31.9 Å². The normalized spacial score (nSPS) is 11.8. The summed E-state index contributed by atoms with van der Waals surface area (Å²) in [5.41, 5.74) is -0.138. The van der Waals surface area contributed by atoms with Gasteiger partial charge < -0.3 is 9.64 Å². The van der Waals surface area contributed by atoms with Crippen LogP contribution >= 0.6 is 0 Å². The van der Waals surface area contributed by atoms with Crippen molar-refractivity contribution in [1.82, 2.24) is 14.9 Å². The summed E-state index contributed by atoms with van der Waals surface area (Å²) >= 11 is 0. The number of amides is 2. The summed E-state index contributed by atoms with van der Waals surface area (Å²) in [6.45, 7) is 5.48. The van der Waals surface area contributed by atoms with Crippen LogP contribution in [0.2, 0.25) is 0 Å². The Kier molecular flexibility index (Phi) is 6.62. The average molecular weight is 458 g/mol. The molecule has 0 saturated heterocycles. The number of alkyl halides is 3. The maximum atomic E-state index is 13.7. The highest BCUT2D eigenvalue weighted by Crippen LogP contribution is 2.38. The summed E-state index contributed by atoms with van der Waals surface area (Å²) in [6, 6.07) is 11.5. The first-order chi connectivity index (χ1) is 15.3. The number of pyridine rings is 2. The molecule has 0 aliphatic heterocycles. The van der Waals surface area contributed by atoms with E-state index in [2.05, 4.69) is 15.3 Å². The Labute approximate surface area is 190 Å². The van der Waals surface area contributed by atoms with Crippen molar-refractivity contribution in [2.75, 3.05) is 19.4 Å². The molecule has 2 heterocycles. The van der Waals surface area contributed by atoms with Gasteiger partial charge in [0.2, 0.25) is 5.88 Å². The van der Waals surface area contributed by atoms with Crippen LogP contribution in [0.4, 0.5) is 23.8 Å². The molecule has 0 spiro atoms. The van der Waals surface area contributed by atoms with Crippen LogP contribution in [0.3, 0.4) is 0 Å². The van der Waals surface area contributed by atoms with Gasteiger partial charge in [0.15, 0.2) is 0 Å². The van der Waals surface area contributed by atoms with Crippen LogP contribution in [0, 0.1) is 0 Å². The molecule has 6 nitrogen and oxygen atoms in total. The van der Waals surface area contributed by atoms with Gasteiger partial charge in [-0.1, -0.05) is 18.2 Å². The largest absolute Gasteiger partial charge is 0.472 e. The Bertz CT molecular complexity index is 1150. The molecule has 174 valence electrons. The second kappa shape index (κ2) is 9.09. The predicted octanol–water partition coefficient (Wildman–Crippen LogP) is 6.10. The fourth-order valence-electron chi connectivity index (χ4n) is 3.03. The Morgan fingerprint density at radius 1 is 1.00 bits per heavy atom. The van der Waals surface area contributed by atoms with Crippen molar-refractivity contribution in [1.29, 1.82) is 0 Å². The first-order valence-electron chi connectivity index (χ1n) is 10.2. The molecule has 2 aromatic heterocycles. The molecule has 0 fully saturated rings. The monoisotopic (exact) mass is 458 g/mol. The number of aromatic nitrogens is 2. The lowest BCUT2D eigenvalue weighted by Gasteiger charge is -2.22. The average Bonchev–Trinajstić information content (AvgIpc) is 2.72. The van der Waals surface area contributed by atoms with Crippen molar-refractivity contribution in [3.63, 3.8) is 0 Å². The Hall–Kier alpha value is -3.62. The van der Waals surface area contributed by atoms with Crippen LogP contribution in [0.25, 0.3) is 22.4 Å². The number of rotatable bonds is 4. The molecule has 1 N–H and O–H groups in total. The van der Waals surface area contributed by atoms with Gasteiger partial charge in [0.25, 0.3) is 0 Å². The minimum atomic E-state index is -4.54. The number of nitrogens with zero attached hydrogens (tertiary/aromatic N) is 3. The summed E-state index contributed by atoms with van der Waals surface area (Å²) in [5, 5.41) is 2.66. The van der Waals surface area contributed by atoms with Crippen LogP contribution in [0.15, 0.2) is 54.7 Å². The third-order valence-electron chi connectivity index (χ3n) is 4.46. The van der Waals surface area contributed by atoms with Crippen molar-refractivity contribution in [2.45, 2.75) is 32.5 Å². The zero-order chi connectivity index (χ0) is 24.4. The van der Waals surface area contributed by atoms with Crippen molar-refractivity contribution < 1.29 is 22.7 Å². The molecule has 0 unspecified atom stereocenters. The van der Waals surface area contributed by atoms with Gasteiger partial charge >= 0.3 is 12.2 Å². The first kappa shape index (κ1) is 24.0. The second-order valence-corrected chi connectivity index (χ2v) is 8.59. The highest BCUT2D eigenvalue weighted by atomic mass is 19.4. The minimum absolute atomic E-state index is 0.0548. The fraction of sp³-hybridized carbons (Fsp3) is 0.292. The second-order valence-electron chi connectivity index (χ2n) is 8.59. The summed E-state index contributed by atoms with van der Waals surface area (Å²) in [6.07, 6.45) is -3.03. The van der Waals surface area contributed by atoms with E-state index >= 15 is 0 Å². The number of nitrogens with one attached hydrogen (secondary N) is 1. The highest BCUT2D eigenvalue weighted by molar-refractivity contribution is 5.88. The quantitative estimate of drug-likeness (QED) is 0.513. The third kappa shape index (κ3) is 6.21. The van der Waals surface area contributed by atoms with Gasteiger partial charge in [-0.2, -0.15) is 13.2 Å². The lowest BCUT2D eigenvalue weighted by molar-refractivity contribution is -0.137. The summed E-state index contributed by atoms with van der Waals surface area (Å²) in [5.74, 6) is 0.487. The van der Waals surface area contributed by atoms with E-state index in [1.165, 1.54) is 29.3 Å². The number of urea groups is 1. The van der Waals surface area contributed by atoms with Crippen LogP contribution < -0.4 is 10.1 Å². The zero-order valence-electron chi connectivity index (χ0n) is 19.0. The highest BCUT2D eigenvalue weighted by Gasteiger charge is 2.34. The molecular formula is C24H25F3N4O2. The van der Waals surface area contributed by atoms with Gasteiger partial charge in [-0.25, -0.2) is 14.8 Å². The molecule has 3 aromatic rings. The van der Waals surface area contributed by atoms with Gasteiger partial charge in [-0.15, -0.1) is 0 Å². The molecule has 9 heteroatoms. The SMILES string of the molecule is CN(C)C(=O)Nc1cc(-c2cc(OC(C)(C)C)nc(-c3ccccc3C(F)(F)F)c2)ccn1. The van der Waals surface area contributed by atoms with Gasteiger partial charge in [-0.3, -0.25) is 5.32 Å². The van der Waals surface area contributed by atoms with Crippen molar-refractivity contribution >= 4 is 11.8 Å². The maximum absolute atomic E-state index is 13.7. The molecule has 0 aliphatic carbocycles. The lowest BCUT2D eigenvalue weighted by Crippen LogP contribution is -2.27. The smallest absolute Gasteiger partial charge is 0.417 e. The standard InChI is InChI=1S/C24H25F3N4O2/c1-23(2,3)33-21-14-16(15-10-11-28-20(13-15)30-22(32)31(4)5)12-19(29-21)17-8-6-7-9-18(17)24(25,26)27/h6-14H,1-5H3,(H,28,30,32). The zero-order valence-corrected chi connectivity index (χ0v) is 19.0. The topological polar surface area (TPSA) is 67.4 Å². The number of hydrogen-bond donors (Lipinski definition) is 1. The van der Waals surface area contributed by atoms with E-state index in [9.17, 15) is 18.0 Å². The third-order valence-corrected chi connectivity index (χ3v) is 4.46. The fourth-order valence-corrected chi connectivity index (χ4v) is 3.03.